The lowest BCUT2D eigenvalue weighted by molar-refractivity contribution is 0.0957. The molecule has 0 fully saturated rings. The summed E-state index contributed by atoms with van der Waals surface area (Å²) in [7, 11) is -0.744. The molecule has 0 unspecified atom stereocenters. The van der Waals surface area contributed by atoms with Gasteiger partial charge in [-0.2, -0.15) is 5.26 Å². The minimum atomic E-state index is -3.48. The highest BCUT2D eigenvalue weighted by molar-refractivity contribution is 7.74. The molecule has 1 atom stereocenters. The molecule has 0 saturated heterocycles. The molecule has 0 bridgehead atoms. The first-order valence-electron chi connectivity index (χ1n) is 10.4. The number of thiol groups is 1. The highest BCUT2D eigenvalue weighted by Gasteiger charge is 2.32. The van der Waals surface area contributed by atoms with Crippen molar-refractivity contribution in [1.82, 2.24) is 19.9 Å². The minimum absolute atomic E-state index is 0.0252. The van der Waals surface area contributed by atoms with E-state index in [-0.39, 0.29) is 40.8 Å². The molecule has 1 aromatic carbocycles. The maximum Gasteiger partial charge on any atom is 0.271 e. The molecule has 3 heterocycles. The second-order valence-electron chi connectivity index (χ2n) is 7.71. The van der Waals surface area contributed by atoms with Crippen LogP contribution in [0.4, 0.5) is 20.2 Å². The molecule has 0 spiro atoms. The maximum absolute atomic E-state index is 15.8. The number of fused-ring (bicyclic) bond motifs is 1. The van der Waals surface area contributed by atoms with Crippen LogP contribution in [0.3, 0.4) is 0 Å². The van der Waals surface area contributed by atoms with Crippen LogP contribution in [0, 0.1) is 23.0 Å². The Morgan fingerprint density at radius 2 is 2.09 bits per heavy atom. The van der Waals surface area contributed by atoms with Gasteiger partial charge in [0.2, 0.25) is 16.8 Å². The summed E-state index contributed by atoms with van der Waals surface area (Å²) in [5.41, 5.74) is 0.0361. The number of amides is 1. The summed E-state index contributed by atoms with van der Waals surface area (Å²) >= 11 is 0. The van der Waals surface area contributed by atoms with Crippen LogP contribution in [0.25, 0.3) is 0 Å². The lowest BCUT2D eigenvalue weighted by Crippen LogP contribution is -2.25. The van der Waals surface area contributed by atoms with Crippen LogP contribution in [0.1, 0.15) is 39.6 Å². The predicted octanol–water partition coefficient (Wildman–Crippen LogP) is 2.19. The van der Waals surface area contributed by atoms with E-state index in [1.807, 2.05) is 6.07 Å². The molecular formula is C22H20F2N6O4S. The second-order valence-corrected chi connectivity index (χ2v) is 8.59. The van der Waals surface area contributed by atoms with E-state index < -0.39 is 34.1 Å². The summed E-state index contributed by atoms with van der Waals surface area (Å²) in [5, 5.41) is 11.7. The average Bonchev–Trinajstić information content (AvgIpc) is 3.28. The monoisotopic (exact) mass is 502 g/mol. The van der Waals surface area contributed by atoms with E-state index in [1.54, 1.807) is 4.57 Å². The van der Waals surface area contributed by atoms with E-state index in [4.69, 9.17) is 4.74 Å². The van der Waals surface area contributed by atoms with Crippen LogP contribution in [0.15, 0.2) is 30.7 Å². The zero-order chi connectivity index (χ0) is 25.3. The number of carbonyl (C=O) groups excluding carboxylic acids is 1. The van der Waals surface area contributed by atoms with Crippen molar-refractivity contribution in [2.75, 3.05) is 18.5 Å². The average molecular weight is 503 g/mol. The Labute approximate surface area is 200 Å². The standard InChI is InChI=1S/C22H20F2N6O4S/c1-26-21(31)20-16-5-3-13(10-29(16)11-28-20)18-14(23)4-6-15(19(18)24)30(35(32)33)17-7-12(8-25)9-27-22(17)34-2/h4,6-7,9,11,13,35H,3,5,10H2,1-2H3,(H,26,31)/t13-/m0/s1. The van der Waals surface area contributed by atoms with Gasteiger partial charge in [-0.05, 0) is 31.0 Å². The third kappa shape index (κ3) is 4.28. The van der Waals surface area contributed by atoms with Gasteiger partial charge in [0.25, 0.3) is 5.91 Å². The number of anilines is 2. The first kappa shape index (κ1) is 24.1. The topological polar surface area (TPSA) is 130 Å². The number of rotatable bonds is 6. The number of nitriles is 1. The number of halogens is 2. The van der Waals surface area contributed by atoms with E-state index in [2.05, 4.69) is 15.3 Å². The van der Waals surface area contributed by atoms with Gasteiger partial charge in [0.15, 0.2) is 5.82 Å². The van der Waals surface area contributed by atoms with Crippen LogP contribution in [0.2, 0.25) is 0 Å². The molecule has 0 radical (unpaired) electrons. The molecule has 1 aliphatic heterocycles. The number of benzene rings is 1. The quantitative estimate of drug-likeness (QED) is 0.494. The van der Waals surface area contributed by atoms with Crippen molar-refractivity contribution in [2.45, 2.75) is 25.3 Å². The number of hydrogen-bond donors (Lipinski definition) is 2. The highest BCUT2D eigenvalue weighted by Crippen LogP contribution is 2.40. The lowest BCUT2D eigenvalue weighted by atomic mass is 9.89. The molecule has 1 N–H and O–H groups in total. The fourth-order valence-electron chi connectivity index (χ4n) is 4.22. The Morgan fingerprint density at radius 3 is 2.74 bits per heavy atom. The zero-order valence-corrected chi connectivity index (χ0v) is 19.6. The third-order valence-electron chi connectivity index (χ3n) is 5.82. The van der Waals surface area contributed by atoms with Crippen molar-refractivity contribution < 1.29 is 26.7 Å². The number of ether oxygens (including phenoxy) is 1. The molecule has 35 heavy (non-hydrogen) atoms. The minimum Gasteiger partial charge on any atom is -0.479 e. The molecule has 13 heteroatoms. The van der Waals surface area contributed by atoms with Crippen LogP contribution >= 0.6 is 0 Å². The molecule has 3 aromatic rings. The van der Waals surface area contributed by atoms with Crippen LogP contribution in [-0.2, 0) is 23.9 Å². The van der Waals surface area contributed by atoms with Crippen LogP contribution in [0.5, 0.6) is 5.88 Å². The van der Waals surface area contributed by atoms with Crippen LogP contribution in [-0.4, -0.2) is 43.0 Å². The normalized spacial score (nSPS) is 14.8. The van der Waals surface area contributed by atoms with Gasteiger partial charge in [0.1, 0.15) is 23.3 Å². The van der Waals surface area contributed by atoms with E-state index in [9.17, 15) is 22.9 Å². The number of imidazole rings is 1. The van der Waals surface area contributed by atoms with Gasteiger partial charge in [0.05, 0.1) is 30.4 Å². The van der Waals surface area contributed by atoms with E-state index in [0.717, 1.165) is 12.1 Å². The fraction of sp³-hybridized carbons (Fsp3) is 0.273. The molecule has 182 valence electrons. The van der Waals surface area contributed by atoms with E-state index >= 15 is 4.39 Å². The lowest BCUT2D eigenvalue weighted by Gasteiger charge is -2.27. The number of aromatic nitrogens is 3. The highest BCUT2D eigenvalue weighted by atomic mass is 32.2. The van der Waals surface area contributed by atoms with Gasteiger partial charge in [-0.3, -0.25) is 4.79 Å². The summed E-state index contributed by atoms with van der Waals surface area (Å²) in [4.78, 5) is 20.0. The van der Waals surface area contributed by atoms with Crippen molar-refractivity contribution in [3.05, 3.63) is 64.9 Å². The maximum atomic E-state index is 15.8. The van der Waals surface area contributed by atoms with E-state index in [0.29, 0.717) is 22.8 Å². The summed E-state index contributed by atoms with van der Waals surface area (Å²) in [6.07, 6.45) is 3.28. The Balaban J connectivity index is 1.79. The molecule has 4 rings (SSSR count). The number of nitrogens with zero attached hydrogens (tertiary/aromatic N) is 5. The summed E-state index contributed by atoms with van der Waals surface area (Å²) in [5.74, 6) is -3.05. The number of pyridine rings is 1. The van der Waals surface area contributed by atoms with Gasteiger partial charge < -0.3 is 14.6 Å². The molecular weight excluding hydrogens is 482 g/mol. The summed E-state index contributed by atoms with van der Waals surface area (Å²) < 4.78 is 62.6. The smallest absolute Gasteiger partial charge is 0.271 e. The Bertz CT molecular complexity index is 1420. The SMILES string of the molecule is CNC(=O)c1ncn2c1CC[C@H](c1c(F)ccc(N(c3cc(C#N)cnc3OC)[SH](=O)=O)c1F)C2. The van der Waals surface area contributed by atoms with Gasteiger partial charge in [0, 0.05) is 31.3 Å². The van der Waals surface area contributed by atoms with Gasteiger partial charge >= 0.3 is 0 Å². The van der Waals surface area contributed by atoms with Crippen molar-refractivity contribution in [3.63, 3.8) is 0 Å². The summed E-state index contributed by atoms with van der Waals surface area (Å²) in [6, 6.07) is 5.03. The predicted molar refractivity (Wildman–Crippen MR) is 121 cm³/mol. The molecule has 0 aliphatic carbocycles. The second kappa shape index (κ2) is 9.67. The Hall–Kier alpha value is -4.05. The Morgan fingerprint density at radius 1 is 1.31 bits per heavy atom. The van der Waals surface area contributed by atoms with Gasteiger partial charge in [-0.1, -0.05) is 0 Å². The fourth-order valence-corrected chi connectivity index (χ4v) is 4.87. The van der Waals surface area contributed by atoms with Crippen molar-refractivity contribution in [3.8, 4) is 11.9 Å². The number of nitrogens with one attached hydrogen (secondary N) is 1. The van der Waals surface area contributed by atoms with Gasteiger partial charge in [-0.25, -0.2) is 31.5 Å². The van der Waals surface area contributed by atoms with Crippen molar-refractivity contribution >= 4 is 28.2 Å². The third-order valence-corrected chi connectivity index (χ3v) is 6.58. The van der Waals surface area contributed by atoms with E-state index in [1.165, 1.54) is 32.7 Å². The molecule has 1 amide bonds. The zero-order valence-electron chi connectivity index (χ0n) is 18.7. The molecule has 1 aliphatic rings. The molecule has 10 nitrogen and oxygen atoms in total. The van der Waals surface area contributed by atoms with Crippen molar-refractivity contribution in [2.24, 2.45) is 0 Å². The number of hydrogen-bond acceptors (Lipinski definition) is 7. The van der Waals surface area contributed by atoms with Crippen LogP contribution < -0.4 is 14.4 Å². The Kier molecular flexibility index (Phi) is 6.65. The summed E-state index contributed by atoms with van der Waals surface area (Å²) in [6.45, 7) is 0.148. The van der Waals surface area contributed by atoms with Gasteiger partial charge in [-0.15, -0.1) is 0 Å². The largest absolute Gasteiger partial charge is 0.479 e. The first-order chi connectivity index (χ1) is 16.8. The number of methoxy groups -OCH3 is 1. The number of carbonyl (C=O) groups is 1. The molecule has 0 saturated carbocycles. The van der Waals surface area contributed by atoms with Crippen molar-refractivity contribution in [1.29, 1.82) is 5.26 Å². The molecule has 2 aromatic heterocycles. The first-order valence-corrected chi connectivity index (χ1v) is 11.6.